The summed E-state index contributed by atoms with van der Waals surface area (Å²) in [6, 6.07) is 22.2. The van der Waals surface area contributed by atoms with Gasteiger partial charge in [0.05, 0.1) is 12.7 Å². The van der Waals surface area contributed by atoms with Crippen LogP contribution in [0, 0.1) is 0 Å². The van der Waals surface area contributed by atoms with Gasteiger partial charge in [-0.15, -0.1) is 0 Å². The van der Waals surface area contributed by atoms with Gasteiger partial charge in [-0.25, -0.2) is 4.79 Å². The molecule has 0 aliphatic carbocycles. The van der Waals surface area contributed by atoms with Gasteiger partial charge in [-0.2, -0.15) is 0 Å². The summed E-state index contributed by atoms with van der Waals surface area (Å²) < 4.78 is 10.8. The molecule has 0 atom stereocenters. The van der Waals surface area contributed by atoms with Crippen molar-refractivity contribution < 1.29 is 19.1 Å². The summed E-state index contributed by atoms with van der Waals surface area (Å²) in [6.45, 7) is 0. The van der Waals surface area contributed by atoms with Crippen molar-refractivity contribution in [3.63, 3.8) is 0 Å². The molecule has 0 saturated carbocycles. The number of esters is 1. The van der Waals surface area contributed by atoms with Crippen LogP contribution < -0.4 is 4.74 Å². The Labute approximate surface area is 168 Å². The van der Waals surface area contributed by atoms with E-state index in [1.807, 2.05) is 54.6 Å². The monoisotopic (exact) mass is 395 g/mol. The quantitative estimate of drug-likeness (QED) is 0.322. The van der Waals surface area contributed by atoms with E-state index in [0.29, 0.717) is 22.1 Å². The van der Waals surface area contributed by atoms with E-state index in [2.05, 4.69) is 5.16 Å². The molecule has 3 aromatic rings. The third kappa shape index (κ3) is 4.50. The number of halogens is 1. The molecule has 0 heterocycles. The van der Waals surface area contributed by atoms with Crippen LogP contribution in [0.25, 0.3) is 11.1 Å². The highest BCUT2D eigenvalue weighted by Gasteiger charge is 2.20. The second kappa shape index (κ2) is 9.06. The number of ether oxygens (including phenoxy) is 2. The Morgan fingerprint density at radius 1 is 0.893 bits per heavy atom. The number of hydrogen-bond acceptors (Lipinski definition) is 5. The number of methoxy groups -OCH3 is 1. The number of carbonyl (C=O) groups excluding carboxylic acids is 1. The summed E-state index contributed by atoms with van der Waals surface area (Å²) in [6.07, 6.45) is 0. The molecule has 0 aromatic heterocycles. The van der Waals surface area contributed by atoms with Crippen LogP contribution in [-0.4, -0.2) is 25.9 Å². The summed E-state index contributed by atoms with van der Waals surface area (Å²) in [5, 5.41) is 4.47. The molecule has 142 valence electrons. The molecule has 3 aromatic carbocycles. The Bertz CT molecular complexity index is 999. The maximum atomic E-state index is 12.1. The number of nitrogens with zero attached hydrogens (tertiary/aromatic N) is 1. The van der Waals surface area contributed by atoms with Crippen molar-refractivity contribution in [3.8, 4) is 22.6 Å². The molecule has 0 radical (unpaired) electrons. The fraction of sp³-hybridized carbons (Fsp3) is 0.0909. The van der Waals surface area contributed by atoms with E-state index in [1.165, 1.54) is 14.2 Å². The first-order valence-corrected chi connectivity index (χ1v) is 8.83. The molecule has 0 fully saturated rings. The van der Waals surface area contributed by atoms with E-state index in [-0.39, 0.29) is 5.71 Å². The van der Waals surface area contributed by atoms with Crippen LogP contribution in [-0.2, 0) is 14.4 Å². The van der Waals surface area contributed by atoms with Gasteiger partial charge in [-0.3, -0.25) is 0 Å². The highest BCUT2D eigenvalue weighted by Crippen LogP contribution is 2.30. The van der Waals surface area contributed by atoms with E-state index >= 15 is 0 Å². The van der Waals surface area contributed by atoms with Crippen LogP contribution in [0.2, 0.25) is 5.02 Å². The molecule has 3 rings (SSSR count). The van der Waals surface area contributed by atoms with Crippen molar-refractivity contribution in [1.29, 1.82) is 0 Å². The minimum Gasteiger partial charge on any atom is -0.464 e. The van der Waals surface area contributed by atoms with E-state index in [4.69, 9.17) is 25.9 Å². The highest BCUT2D eigenvalue weighted by molar-refractivity contribution is 6.43. The van der Waals surface area contributed by atoms with Crippen LogP contribution in [0.4, 0.5) is 0 Å². The summed E-state index contributed by atoms with van der Waals surface area (Å²) in [4.78, 5) is 16.9. The van der Waals surface area contributed by atoms with Crippen LogP contribution in [0.1, 0.15) is 5.56 Å². The topological polar surface area (TPSA) is 57.1 Å². The third-order valence-corrected chi connectivity index (χ3v) is 4.19. The van der Waals surface area contributed by atoms with E-state index in [0.717, 1.165) is 11.1 Å². The van der Waals surface area contributed by atoms with E-state index in [1.54, 1.807) is 18.2 Å². The largest absolute Gasteiger partial charge is 0.464 e. The molecule has 0 spiro atoms. The van der Waals surface area contributed by atoms with Gasteiger partial charge in [0, 0.05) is 5.02 Å². The molecule has 28 heavy (non-hydrogen) atoms. The van der Waals surface area contributed by atoms with Crippen molar-refractivity contribution in [1.82, 2.24) is 0 Å². The lowest BCUT2D eigenvalue weighted by Gasteiger charge is -2.12. The van der Waals surface area contributed by atoms with Crippen LogP contribution in [0.3, 0.4) is 0 Å². The SMILES string of the molecule is CO/N=C(\C(=O)OC)c1ccccc1Oc1cccc(-c2ccc(Cl)cc2)c1. The van der Waals surface area contributed by atoms with Crippen LogP contribution in [0.15, 0.2) is 78.0 Å². The Balaban J connectivity index is 1.95. The van der Waals surface area contributed by atoms with Gasteiger partial charge in [-0.05, 0) is 47.5 Å². The number of rotatable bonds is 6. The molecule has 0 aliphatic rings. The van der Waals surface area contributed by atoms with Crippen molar-refractivity contribution in [2.24, 2.45) is 5.16 Å². The molecule has 0 bridgehead atoms. The van der Waals surface area contributed by atoms with Gasteiger partial charge >= 0.3 is 5.97 Å². The Hall–Kier alpha value is -3.31. The summed E-state index contributed by atoms with van der Waals surface area (Å²) in [7, 11) is 2.65. The molecule has 6 heteroatoms. The van der Waals surface area contributed by atoms with Crippen molar-refractivity contribution in [2.45, 2.75) is 0 Å². The molecule has 0 aliphatic heterocycles. The van der Waals surface area contributed by atoms with Gasteiger partial charge in [0.1, 0.15) is 18.6 Å². The van der Waals surface area contributed by atoms with Gasteiger partial charge in [-0.1, -0.05) is 53.2 Å². The maximum Gasteiger partial charge on any atom is 0.360 e. The Morgan fingerprint density at radius 3 is 2.36 bits per heavy atom. The first kappa shape index (κ1) is 19.5. The Kier molecular flexibility index (Phi) is 6.29. The molecular formula is C22H18ClNO4. The number of para-hydroxylation sites is 1. The van der Waals surface area contributed by atoms with E-state index in [9.17, 15) is 4.79 Å². The van der Waals surface area contributed by atoms with Crippen molar-refractivity contribution in [3.05, 3.63) is 83.4 Å². The van der Waals surface area contributed by atoms with Gasteiger partial charge in [0.25, 0.3) is 0 Å². The first-order valence-electron chi connectivity index (χ1n) is 8.45. The minimum absolute atomic E-state index is 0.0226. The number of hydrogen-bond donors (Lipinski definition) is 0. The standard InChI is InChI=1S/C22H18ClNO4/c1-26-22(25)21(24-27-2)19-8-3-4-9-20(19)28-18-7-5-6-16(14-18)15-10-12-17(23)13-11-15/h3-14H,1-2H3/b24-21-. The zero-order valence-electron chi connectivity index (χ0n) is 15.4. The molecule has 0 unspecified atom stereocenters. The predicted octanol–water partition coefficient (Wildman–Crippen LogP) is 5.32. The fourth-order valence-electron chi connectivity index (χ4n) is 2.64. The fourth-order valence-corrected chi connectivity index (χ4v) is 2.77. The molecule has 0 saturated heterocycles. The average molecular weight is 396 g/mol. The maximum absolute atomic E-state index is 12.1. The number of benzene rings is 3. The normalized spacial score (nSPS) is 11.0. The van der Waals surface area contributed by atoms with Crippen molar-refractivity contribution >= 4 is 23.3 Å². The van der Waals surface area contributed by atoms with E-state index < -0.39 is 5.97 Å². The minimum atomic E-state index is -0.618. The molecule has 0 N–H and O–H groups in total. The number of carbonyl (C=O) groups is 1. The number of oxime groups is 1. The smallest absolute Gasteiger partial charge is 0.360 e. The molecule has 0 amide bonds. The lowest BCUT2D eigenvalue weighted by atomic mass is 10.1. The zero-order chi connectivity index (χ0) is 19.9. The molecule has 5 nitrogen and oxygen atoms in total. The first-order chi connectivity index (χ1) is 13.6. The summed E-state index contributed by atoms with van der Waals surface area (Å²) in [5.74, 6) is 0.450. The average Bonchev–Trinajstić information content (AvgIpc) is 2.73. The predicted molar refractivity (Wildman–Crippen MR) is 109 cm³/mol. The lowest BCUT2D eigenvalue weighted by molar-refractivity contribution is -0.132. The summed E-state index contributed by atoms with van der Waals surface area (Å²) >= 11 is 5.96. The Morgan fingerprint density at radius 2 is 1.64 bits per heavy atom. The van der Waals surface area contributed by atoms with Gasteiger partial charge in [0.15, 0.2) is 5.71 Å². The zero-order valence-corrected chi connectivity index (χ0v) is 16.1. The van der Waals surface area contributed by atoms with Gasteiger partial charge < -0.3 is 14.3 Å². The molecular weight excluding hydrogens is 378 g/mol. The third-order valence-electron chi connectivity index (χ3n) is 3.94. The second-order valence-electron chi connectivity index (χ2n) is 5.75. The van der Waals surface area contributed by atoms with Crippen LogP contribution in [0.5, 0.6) is 11.5 Å². The highest BCUT2D eigenvalue weighted by atomic mass is 35.5. The summed E-state index contributed by atoms with van der Waals surface area (Å²) in [5.41, 5.74) is 2.48. The lowest BCUT2D eigenvalue weighted by Crippen LogP contribution is -2.18. The van der Waals surface area contributed by atoms with Crippen LogP contribution >= 0.6 is 11.6 Å². The second-order valence-corrected chi connectivity index (χ2v) is 6.18. The van der Waals surface area contributed by atoms with Crippen molar-refractivity contribution in [2.75, 3.05) is 14.2 Å². The van der Waals surface area contributed by atoms with Gasteiger partial charge in [0.2, 0.25) is 0 Å².